The second kappa shape index (κ2) is 5.99. The molecular weight excluding hydrogens is 107 g/mol. The zero-order valence-corrected chi connectivity index (χ0v) is 4.43. The van der Waals surface area contributed by atoms with Gasteiger partial charge in [-0.3, -0.25) is 0 Å². The molecular formula is C6H7FO. The highest BCUT2D eigenvalue weighted by Gasteiger charge is 1.65. The Labute approximate surface area is 47.8 Å². The van der Waals surface area contributed by atoms with Gasteiger partial charge in [0.2, 0.25) is 0 Å². The predicted octanol–water partition coefficient (Wildman–Crippen LogP) is 1.78. The molecule has 0 fully saturated rings. The maximum atomic E-state index is 11.1. The van der Waals surface area contributed by atoms with Gasteiger partial charge in [-0.05, 0) is 6.08 Å². The first kappa shape index (κ1) is 6.99. The van der Waals surface area contributed by atoms with Crippen molar-refractivity contribution in [2.24, 2.45) is 0 Å². The van der Waals surface area contributed by atoms with Crippen LogP contribution in [0.5, 0.6) is 0 Å². The van der Waals surface area contributed by atoms with Crippen LogP contribution >= 0.6 is 0 Å². The summed E-state index contributed by atoms with van der Waals surface area (Å²) in [5.74, 6) is 0. The van der Waals surface area contributed by atoms with Crippen molar-refractivity contribution in [3.8, 4) is 0 Å². The van der Waals surface area contributed by atoms with Crippen LogP contribution in [0.4, 0.5) is 4.39 Å². The highest BCUT2D eigenvalue weighted by molar-refractivity contribution is 4.78. The predicted molar refractivity (Wildman–Crippen MR) is 29.9 cm³/mol. The zero-order chi connectivity index (χ0) is 6.24. The van der Waals surface area contributed by atoms with E-state index in [4.69, 9.17) is 0 Å². The molecule has 8 heavy (non-hydrogen) atoms. The Morgan fingerprint density at radius 3 is 3.00 bits per heavy atom. The molecule has 0 N–H and O–H groups in total. The fourth-order valence-electron chi connectivity index (χ4n) is 0.209. The van der Waals surface area contributed by atoms with Crippen LogP contribution in [0.2, 0.25) is 0 Å². The monoisotopic (exact) mass is 114 g/mol. The lowest BCUT2D eigenvalue weighted by Crippen LogP contribution is -1.76. The molecule has 0 aromatic heterocycles. The standard InChI is InChI=1S/C6H7FO/c1-2-8-6-4-3-5-7/h2,4-5H,1,6H2. The topological polar surface area (TPSA) is 9.23 Å². The van der Waals surface area contributed by atoms with E-state index in [1.165, 1.54) is 12.3 Å². The molecule has 0 saturated carbocycles. The number of hydrogen-bond donors (Lipinski definition) is 0. The third-order valence-corrected chi connectivity index (χ3v) is 0.478. The summed E-state index contributed by atoms with van der Waals surface area (Å²) in [7, 11) is 0. The fraction of sp³-hybridized carbons (Fsp3) is 0.167. The summed E-state index contributed by atoms with van der Waals surface area (Å²) >= 11 is 0. The molecule has 0 spiro atoms. The van der Waals surface area contributed by atoms with Crippen LogP contribution in [0.1, 0.15) is 0 Å². The lowest BCUT2D eigenvalue weighted by Gasteiger charge is -1.86. The first-order valence-corrected chi connectivity index (χ1v) is 2.14. The Morgan fingerprint density at radius 1 is 1.75 bits per heavy atom. The molecule has 0 aliphatic carbocycles. The molecule has 0 unspecified atom stereocenters. The second-order valence-electron chi connectivity index (χ2n) is 0.980. The molecule has 0 aromatic carbocycles. The van der Waals surface area contributed by atoms with Gasteiger partial charge in [0.25, 0.3) is 0 Å². The van der Waals surface area contributed by atoms with E-state index in [9.17, 15) is 4.39 Å². The van der Waals surface area contributed by atoms with E-state index in [-0.39, 0.29) is 0 Å². The summed E-state index contributed by atoms with van der Waals surface area (Å²) in [4.78, 5) is 0. The van der Waals surface area contributed by atoms with E-state index in [1.54, 1.807) is 0 Å². The van der Waals surface area contributed by atoms with Gasteiger partial charge in [0.15, 0.2) is 0 Å². The number of hydrogen-bond acceptors (Lipinski definition) is 1. The molecule has 0 radical (unpaired) electrons. The van der Waals surface area contributed by atoms with E-state index >= 15 is 0 Å². The summed E-state index contributed by atoms with van der Waals surface area (Å²) in [6.07, 6.45) is 3.03. The third kappa shape index (κ3) is 4.99. The molecule has 0 rings (SSSR count). The average Bonchev–Trinajstić information content (AvgIpc) is 1.81. The van der Waals surface area contributed by atoms with Crippen molar-refractivity contribution in [3.05, 3.63) is 31.0 Å². The van der Waals surface area contributed by atoms with Gasteiger partial charge in [0.1, 0.15) is 12.9 Å². The summed E-state index contributed by atoms with van der Waals surface area (Å²) in [6, 6.07) is 0. The fourth-order valence-corrected chi connectivity index (χ4v) is 0.209. The van der Waals surface area contributed by atoms with Gasteiger partial charge >= 0.3 is 0 Å². The van der Waals surface area contributed by atoms with Crippen LogP contribution in [0, 0.1) is 0 Å². The Hall–Kier alpha value is -1.01. The van der Waals surface area contributed by atoms with Gasteiger partial charge in [0, 0.05) is 0 Å². The summed E-state index contributed by atoms with van der Waals surface area (Å²) < 4.78 is 15.7. The first-order chi connectivity index (χ1) is 3.91. The third-order valence-electron chi connectivity index (χ3n) is 0.478. The molecule has 0 saturated heterocycles. The second-order valence-corrected chi connectivity index (χ2v) is 0.980. The Bertz CT molecular complexity index is 112. The number of ether oxygens (including phenoxy) is 1. The van der Waals surface area contributed by atoms with Crippen LogP contribution in [0.15, 0.2) is 31.0 Å². The molecule has 0 aromatic rings. The highest BCUT2D eigenvalue weighted by Crippen LogP contribution is 1.74. The van der Waals surface area contributed by atoms with Crippen molar-refractivity contribution in [2.75, 3.05) is 6.61 Å². The molecule has 44 valence electrons. The Balaban J connectivity index is 3.16. The van der Waals surface area contributed by atoms with Crippen molar-refractivity contribution < 1.29 is 9.13 Å². The quantitative estimate of drug-likeness (QED) is 0.309. The van der Waals surface area contributed by atoms with E-state index < -0.39 is 0 Å². The largest absolute Gasteiger partial charge is 0.497 e. The van der Waals surface area contributed by atoms with E-state index in [1.807, 2.05) is 0 Å². The van der Waals surface area contributed by atoms with Gasteiger partial charge in [-0.25, -0.2) is 4.39 Å². The maximum Gasteiger partial charge on any atom is 0.129 e. The maximum absolute atomic E-state index is 11.1. The van der Waals surface area contributed by atoms with Crippen LogP contribution < -0.4 is 0 Å². The molecule has 0 atom stereocenters. The number of rotatable bonds is 3. The lowest BCUT2D eigenvalue weighted by atomic mass is 10.6. The Morgan fingerprint density at radius 2 is 2.50 bits per heavy atom. The van der Waals surface area contributed by atoms with Crippen LogP contribution in [0.25, 0.3) is 0 Å². The minimum atomic E-state index is 0.323. The smallest absolute Gasteiger partial charge is 0.129 e. The van der Waals surface area contributed by atoms with Crippen molar-refractivity contribution in [1.29, 1.82) is 0 Å². The van der Waals surface area contributed by atoms with Crippen molar-refractivity contribution in [1.82, 2.24) is 0 Å². The van der Waals surface area contributed by atoms with Crippen LogP contribution in [-0.2, 0) is 4.74 Å². The van der Waals surface area contributed by atoms with Crippen LogP contribution in [-0.4, -0.2) is 6.61 Å². The molecule has 0 bridgehead atoms. The molecule has 0 amide bonds. The first-order valence-electron chi connectivity index (χ1n) is 2.14. The molecule has 0 aliphatic heterocycles. The summed E-state index contributed by atoms with van der Waals surface area (Å²) in [5, 5.41) is 0. The van der Waals surface area contributed by atoms with E-state index in [0.717, 1.165) is 0 Å². The summed E-state index contributed by atoms with van der Waals surface area (Å²) in [6.45, 7) is 3.61. The molecule has 1 nitrogen and oxygen atoms in total. The Kier molecular flexibility index (Phi) is 5.23. The van der Waals surface area contributed by atoms with Crippen LogP contribution in [0.3, 0.4) is 0 Å². The zero-order valence-electron chi connectivity index (χ0n) is 4.43. The lowest BCUT2D eigenvalue weighted by molar-refractivity contribution is 0.291. The van der Waals surface area contributed by atoms with Gasteiger partial charge < -0.3 is 4.74 Å². The summed E-state index contributed by atoms with van der Waals surface area (Å²) in [5.41, 5.74) is 2.19. The number of halogens is 1. The van der Waals surface area contributed by atoms with Gasteiger partial charge in [-0.1, -0.05) is 12.3 Å². The van der Waals surface area contributed by atoms with E-state index in [2.05, 4.69) is 17.0 Å². The molecule has 0 heterocycles. The van der Waals surface area contributed by atoms with Gasteiger partial charge in [-0.2, -0.15) is 0 Å². The van der Waals surface area contributed by atoms with Crippen molar-refractivity contribution >= 4 is 0 Å². The average molecular weight is 114 g/mol. The van der Waals surface area contributed by atoms with Crippen molar-refractivity contribution in [3.63, 3.8) is 0 Å². The molecule has 2 heteroatoms. The minimum Gasteiger partial charge on any atom is -0.497 e. The highest BCUT2D eigenvalue weighted by atomic mass is 19.1. The minimum absolute atomic E-state index is 0.323. The SMILES string of the molecule is C=COCC=C=CF. The van der Waals surface area contributed by atoms with E-state index in [0.29, 0.717) is 12.9 Å². The van der Waals surface area contributed by atoms with Crippen molar-refractivity contribution in [2.45, 2.75) is 0 Å². The molecule has 0 aliphatic rings. The van der Waals surface area contributed by atoms with Gasteiger partial charge in [0.05, 0.1) is 6.26 Å². The normalized spacial score (nSPS) is 6.62. The van der Waals surface area contributed by atoms with Gasteiger partial charge in [-0.15, -0.1) is 0 Å².